The standard InChI is InChI=1S/C16H17N7/c17-15-14(16(22-21-15)23-8-1-2-9-23)20-19-12-5-6-13-11(10-12)4-3-7-18-13/h3-7,10H,1-2,8-9H2,(H3,17,21,22). The van der Waals surface area contributed by atoms with Crippen molar-refractivity contribution in [2.24, 2.45) is 10.2 Å². The predicted molar refractivity (Wildman–Crippen MR) is 90.4 cm³/mol. The van der Waals surface area contributed by atoms with Crippen LogP contribution >= 0.6 is 0 Å². The van der Waals surface area contributed by atoms with E-state index in [2.05, 4.69) is 30.3 Å². The lowest BCUT2D eigenvalue weighted by atomic mass is 10.2. The summed E-state index contributed by atoms with van der Waals surface area (Å²) in [6.45, 7) is 1.96. The third-order valence-electron chi connectivity index (χ3n) is 4.01. The van der Waals surface area contributed by atoms with Gasteiger partial charge in [-0.1, -0.05) is 6.07 Å². The molecule has 2 aromatic heterocycles. The quantitative estimate of drug-likeness (QED) is 0.723. The predicted octanol–water partition coefficient (Wildman–Crippen LogP) is 3.56. The second kappa shape index (κ2) is 5.68. The first kappa shape index (κ1) is 13.7. The normalized spacial score (nSPS) is 15.0. The van der Waals surface area contributed by atoms with Gasteiger partial charge in [-0.05, 0) is 37.1 Å². The second-order valence-corrected chi connectivity index (χ2v) is 5.58. The van der Waals surface area contributed by atoms with Crippen molar-refractivity contribution in [2.45, 2.75) is 12.8 Å². The Hall–Kier alpha value is -2.96. The fraction of sp³-hybridized carbons (Fsp3) is 0.250. The highest BCUT2D eigenvalue weighted by Gasteiger charge is 2.20. The third kappa shape index (κ3) is 2.61. The van der Waals surface area contributed by atoms with Crippen molar-refractivity contribution in [3.63, 3.8) is 0 Å². The maximum absolute atomic E-state index is 5.96. The number of aromatic nitrogens is 3. The van der Waals surface area contributed by atoms with E-state index in [-0.39, 0.29) is 0 Å². The molecule has 7 nitrogen and oxygen atoms in total. The summed E-state index contributed by atoms with van der Waals surface area (Å²) in [6, 6.07) is 9.69. The Labute approximate surface area is 133 Å². The van der Waals surface area contributed by atoms with Gasteiger partial charge in [-0.2, -0.15) is 10.2 Å². The van der Waals surface area contributed by atoms with Gasteiger partial charge >= 0.3 is 0 Å². The zero-order valence-corrected chi connectivity index (χ0v) is 12.6. The molecular weight excluding hydrogens is 290 g/mol. The van der Waals surface area contributed by atoms with Crippen LogP contribution in [-0.4, -0.2) is 28.3 Å². The average Bonchev–Trinajstić information content (AvgIpc) is 3.22. The number of benzene rings is 1. The molecule has 0 spiro atoms. The molecule has 3 heterocycles. The molecule has 1 saturated heterocycles. The minimum atomic E-state index is 0.443. The summed E-state index contributed by atoms with van der Waals surface area (Å²) in [5, 5.41) is 16.8. The van der Waals surface area contributed by atoms with Gasteiger partial charge in [0.25, 0.3) is 0 Å². The number of hydrogen-bond acceptors (Lipinski definition) is 6. The number of nitrogens with one attached hydrogen (secondary N) is 1. The van der Waals surface area contributed by atoms with Gasteiger partial charge in [0.15, 0.2) is 11.5 Å². The fourth-order valence-electron chi connectivity index (χ4n) is 2.82. The Balaban J connectivity index is 1.66. The molecule has 23 heavy (non-hydrogen) atoms. The highest BCUT2D eigenvalue weighted by atomic mass is 15.3. The molecule has 116 valence electrons. The number of hydrogen-bond donors (Lipinski definition) is 2. The van der Waals surface area contributed by atoms with Gasteiger partial charge in [0.1, 0.15) is 5.82 Å². The van der Waals surface area contributed by atoms with Gasteiger partial charge in [0, 0.05) is 24.7 Å². The largest absolute Gasteiger partial charge is 0.382 e. The molecule has 7 heteroatoms. The molecular formula is C16H17N7. The van der Waals surface area contributed by atoms with Crippen molar-refractivity contribution in [2.75, 3.05) is 23.7 Å². The van der Waals surface area contributed by atoms with E-state index >= 15 is 0 Å². The Morgan fingerprint density at radius 1 is 1.13 bits per heavy atom. The van der Waals surface area contributed by atoms with Gasteiger partial charge in [0.05, 0.1) is 11.2 Å². The first-order valence-electron chi connectivity index (χ1n) is 7.66. The van der Waals surface area contributed by atoms with Crippen molar-refractivity contribution >= 4 is 33.9 Å². The van der Waals surface area contributed by atoms with Crippen LogP contribution < -0.4 is 10.6 Å². The van der Waals surface area contributed by atoms with Crippen molar-refractivity contribution in [1.82, 2.24) is 15.2 Å². The smallest absolute Gasteiger partial charge is 0.180 e. The maximum Gasteiger partial charge on any atom is 0.180 e. The first-order chi connectivity index (χ1) is 11.3. The summed E-state index contributed by atoms with van der Waals surface area (Å²) in [5.41, 5.74) is 8.26. The number of nitrogen functional groups attached to an aromatic ring is 1. The molecule has 1 fully saturated rings. The van der Waals surface area contributed by atoms with Crippen molar-refractivity contribution in [3.8, 4) is 0 Å². The van der Waals surface area contributed by atoms with Crippen LogP contribution in [0.5, 0.6) is 0 Å². The number of H-pyrrole nitrogens is 1. The SMILES string of the molecule is Nc1[nH]nc(N2CCCC2)c1N=Nc1ccc2ncccc2c1. The number of azo groups is 1. The minimum Gasteiger partial charge on any atom is -0.382 e. The van der Waals surface area contributed by atoms with Crippen molar-refractivity contribution < 1.29 is 0 Å². The average molecular weight is 307 g/mol. The summed E-state index contributed by atoms with van der Waals surface area (Å²) in [4.78, 5) is 6.48. The molecule has 0 amide bonds. The van der Waals surface area contributed by atoms with Crippen LogP contribution in [-0.2, 0) is 0 Å². The number of fused-ring (bicyclic) bond motifs is 1. The van der Waals surface area contributed by atoms with Crippen molar-refractivity contribution in [1.29, 1.82) is 0 Å². The van der Waals surface area contributed by atoms with Crippen LogP contribution in [0.3, 0.4) is 0 Å². The van der Waals surface area contributed by atoms with Gasteiger partial charge < -0.3 is 10.6 Å². The summed E-state index contributed by atoms with van der Waals surface area (Å²) in [7, 11) is 0. The van der Waals surface area contributed by atoms with Crippen LogP contribution in [0.25, 0.3) is 10.9 Å². The number of nitrogens with two attached hydrogens (primary N) is 1. The summed E-state index contributed by atoms with van der Waals surface area (Å²) in [5.74, 6) is 1.23. The fourth-order valence-corrected chi connectivity index (χ4v) is 2.82. The Morgan fingerprint density at radius 2 is 2.00 bits per heavy atom. The number of pyridine rings is 1. The molecule has 1 aliphatic heterocycles. The third-order valence-corrected chi connectivity index (χ3v) is 4.01. The number of rotatable bonds is 3. The topological polar surface area (TPSA) is 95.6 Å². The molecule has 0 radical (unpaired) electrons. The lowest BCUT2D eigenvalue weighted by Crippen LogP contribution is -2.18. The van der Waals surface area contributed by atoms with Crippen LogP contribution in [0, 0.1) is 0 Å². The van der Waals surface area contributed by atoms with E-state index in [1.54, 1.807) is 6.20 Å². The van der Waals surface area contributed by atoms with E-state index in [1.165, 1.54) is 12.8 Å². The second-order valence-electron chi connectivity index (χ2n) is 5.58. The minimum absolute atomic E-state index is 0.443. The highest BCUT2D eigenvalue weighted by molar-refractivity contribution is 5.81. The Bertz CT molecular complexity index is 862. The molecule has 0 aliphatic carbocycles. The van der Waals surface area contributed by atoms with Gasteiger partial charge in [0.2, 0.25) is 0 Å². The van der Waals surface area contributed by atoms with Crippen LogP contribution in [0.15, 0.2) is 46.8 Å². The summed E-state index contributed by atoms with van der Waals surface area (Å²) >= 11 is 0. The lowest BCUT2D eigenvalue weighted by Gasteiger charge is -2.13. The van der Waals surface area contributed by atoms with E-state index in [1.807, 2.05) is 30.3 Å². The van der Waals surface area contributed by atoms with E-state index < -0.39 is 0 Å². The van der Waals surface area contributed by atoms with Crippen LogP contribution in [0.1, 0.15) is 12.8 Å². The number of nitrogens with zero attached hydrogens (tertiary/aromatic N) is 5. The molecule has 0 bridgehead atoms. The molecule has 3 N–H and O–H groups in total. The lowest BCUT2D eigenvalue weighted by molar-refractivity contribution is 0.920. The summed E-state index contributed by atoms with van der Waals surface area (Å²) in [6.07, 6.45) is 4.11. The molecule has 1 aromatic carbocycles. The van der Waals surface area contributed by atoms with Crippen LogP contribution in [0.4, 0.5) is 23.0 Å². The molecule has 1 aliphatic rings. The van der Waals surface area contributed by atoms with E-state index in [9.17, 15) is 0 Å². The zero-order chi connectivity index (χ0) is 15.6. The van der Waals surface area contributed by atoms with Crippen molar-refractivity contribution in [3.05, 3.63) is 36.5 Å². The highest BCUT2D eigenvalue weighted by Crippen LogP contribution is 2.35. The summed E-state index contributed by atoms with van der Waals surface area (Å²) < 4.78 is 0. The van der Waals surface area contributed by atoms with Gasteiger partial charge in [-0.3, -0.25) is 10.1 Å². The maximum atomic E-state index is 5.96. The monoisotopic (exact) mass is 307 g/mol. The molecule has 0 saturated carbocycles. The molecule has 3 aromatic rings. The number of aromatic amines is 1. The molecule has 0 unspecified atom stereocenters. The van der Waals surface area contributed by atoms with E-state index in [0.29, 0.717) is 11.5 Å². The van der Waals surface area contributed by atoms with E-state index in [0.717, 1.165) is 35.5 Å². The molecule has 0 atom stereocenters. The zero-order valence-electron chi connectivity index (χ0n) is 12.6. The molecule has 4 rings (SSSR count). The van der Waals surface area contributed by atoms with Crippen LogP contribution in [0.2, 0.25) is 0 Å². The first-order valence-corrected chi connectivity index (χ1v) is 7.66. The van der Waals surface area contributed by atoms with Gasteiger partial charge in [-0.25, -0.2) is 0 Å². The van der Waals surface area contributed by atoms with E-state index in [4.69, 9.17) is 5.73 Å². The number of anilines is 2. The Morgan fingerprint density at radius 3 is 2.87 bits per heavy atom. The Kier molecular flexibility index (Phi) is 3.38. The van der Waals surface area contributed by atoms with Gasteiger partial charge in [-0.15, -0.1) is 5.11 Å².